The highest BCUT2D eigenvalue weighted by molar-refractivity contribution is 5.85. The van der Waals surface area contributed by atoms with Gasteiger partial charge in [-0.2, -0.15) is 4.98 Å². The molecule has 3 aromatic heterocycles. The summed E-state index contributed by atoms with van der Waals surface area (Å²) in [6.45, 7) is 1.86. The van der Waals surface area contributed by atoms with E-state index in [1.165, 1.54) is 6.33 Å². The first-order chi connectivity index (χ1) is 13.6. The maximum absolute atomic E-state index is 11.7. The van der Waals surface area contributed by atoms with Crippen molar-refractivity contribution in [2.75, 3.05) is 5.32 Å². The van der Waals surface area contributed by atoms with Crippen LogP contribution in [0.1, 0.15) is 5.69 Å². The maximum atomic E-state index is 11.7. The van der Waals surface area contributed by atoms with E-state index in [0.29, 0.717) is 17.0 Å². The Hall–Kier alpha value is -4.14. The zero-order valence-corrected chi connectivity index (χ0v) is 14.7. The van der Waals surface area contributed by atoms with Crippen LogP contribution in [0.5, 0.6) is 11.6 Å². The van der Waals surface area contributed by atoms with E-state index < -0.39 is 4.92 Å². The number of nitrogens with zero attached hydrogens (tertiary/aromatic N) is 5. The van der Waals surface area contributed by atoms with Crippen LogP contribution in [0.3, 0.4) is 0 Å². The number of para-hydroxylation sites is 1. The number of nitrogens with one attached hydrogen (secondary N) is 1. The van der Waals surface area contributed by atoms with Gasteiger partial charge in [0.25, 0.3) is 0 Å². The molecule has 1 N–H and O–H groups in total. The molecule has 0 saturated heterocycles. The molecule has 0 aliphatic rings. The SMILES string of the molecule is Cc1ccc2cccc(Oc3ncnc(Nc4ccncc4)c3[N+](=O)[O-])c2n1. The van der Waals surface area contributed by atoms with Crippen molar-refractivity contribution < 1.29 is 9.66 Å². The molecule has 3 heterocycles. The highest BCUT2D eigenvalue weighted by Gasteiger charge is 2.26. The first-order valence-corrected chi connectivity index (χ1v) is 8.32. The minimum atomic E-state index is -0.581. The number of nitro groups is 1. The smallest absolute Gasteiger partial charge is 0.373 e. The number of rotatable bonds is 5. The van der Waals surface area contributed by atoms with E-state index in [9.17, 15) is 10.1 Å². The molecule has 28 heavy (non-hydrogen) atoms. The summed E-state index contributed by atoms with van der Waals surface area (Å²) in [6.07, 6.45) is 4.34. The van der Waals surface area contributed by atoms with Crippen molar-refractivity contribution in [1.29, 1.82) is 0 Å². The third-order valence-corrected chi connectivity index (χ3v) is 3.94. The summed E-state index contributed by atoms with van der Waals surface area (Å²) < 4.78 is 5.81. The maximum Gasteiger partial charge on any atom is 0.373 e. The van der Waals surface area contributed by atoms with Crippen LogP contribution in [0.25, 0.3) is 10.9 Å². The van der Waals surface area contributed by atoms with Gasteiger partial charge in [-0.15, -0.1) is 0 Å². The van der Waals surface area contributed by atoms with Crippen molar-refractivity contribution in [1.82, 2.24) is 19.9 Å². The van der Waals surface area contributed by atoms with Crippen LogP contribution >= 0.6 is 0 Å². The molecule has 4 rings (SSSR count). The number of aryl methyl sites for hydroxylation is 1. The van der Waals surface area contributed by atoms with Gasteiger partial charge in [-0.25, -0.2) is 9.97 Å². The van der Waals surface area contributed by atoms with Crippen LogP contribution in [0.2, 0.25) is 0 Å². The standard InChI is InChI=1S/C19H14N6O3/c1-12-5-6-13-3-2-4-15(16(13)23-12)28-19-17(25(26)27)18(21-11-22-19)24-14-7-9-20-10-8-14/h2-11H,1H3,(H,20,21,22,24). The number of benzene rings is 1. The van der Waals surface area contributed by atoms with Crippen LogP contribution in [-0.2, 0) is 0 Å². The van der Waals surface area contributed by atoms with Crippen molar-refractivity contribution in [3.05, 3.63) is 77.0 Å². The van der Waals surface area contributed by atoms with Crippen LogP contribution in [0.4, 0.5) is 17.2 Å². The molecule has 1 aromatic carbocycles. The summed E-state index contributed by atoms with van der Waals surface area (Å²) in [4.78, 5) is 27.5. The summed E-state index contributed by atoms with van der Waals surface area (Å²) in [5.41, 5.74) is 1.63. The predicted octanol–water partition coefficient (Wildman–Crippen LogP) is 4.17. The molecule has 9 heteroatoms. The molecule has 0 aliphatic heterocycles. The third-order valence-electron chi connectivity index (χ3n) is 3.94. The van der Waals surface area contributed by atoms with E-state index in [1.54, 1.807) is 36.7 Å². The van der Waals surface area contributed by atoms with Crippen LogP contribution in [0, 0.1) is 17.0 Å². The normalized spacial score (nSPS) is 10.6. The van der Waals surface area contributed by atoms with Gasteiger partial charge in [-0.05, 0) is 31.2 Å². The summed E-state index contributed by atoms with van der Waals surface area (Å²) in [7, 11) is 0. The lowest BCUT2D eigenvalue weighted by Gasteiger charge is -2.10. The summed E-state index contributed by atoms with van der Waals surface area (Å²) in [6, 6.07) is 12.5. The number of ether oxygens (including phenoxy) is 1. The first kappa shape index (κ1) is 17.3. The molecule has 0 unspecified atom stereocenters. The van der Waals surface area contributed by atoms with Crippen molar-refractivity contribution in [3.8, 4) is 11.6 Å². The van der Waals surface area contributed by atoms with Gasteiger partial charge in [-0.1, -0.05) is 18.2 Å². The molecule has 0 radical (unpaired) electrons. The zero-order valence-electron chi connectivity index (χ0n) is 14.7. The minimum Gasteiger partial charge on any atom is -0.431 e. The van der Waals surface area contributed by atoms with Gasteiger partial charge in [0, 0.05) is 29.2 Å². The fourth-order valence-corrected chi connectivity index (χ4v) is 2.67. The molecule has 0 aliphatic carbocycles. The van der Waals surface area contributed by atoms with Crippen molar-refractivity contribution in [2.24, 2.45) is 0 Å². The zero-order chi connectivity index (χ0) is 19.5. The van der Waals surface area contributed by atoms with Gasteiger partial charge in [-0.3, -0.25) is 15.1 Å². The van der Waals surface area contributed by atoms with Crippen molar-refractivity contribution in [3.63, 3.8) is 0 Å². The Kier molecular flexibility index (Phi) is 4.47. The second-order valence-electron chi connectivity index (χ2n) is 5.88. The van der Waals surface area contributed by atoms with Gasteiger partial charge in [0.15, 0.2) is 5.75 Å². The van der Waals surface area contributed by atoms with E-state index in [0.717, 1.165) is 11.1 Å². The fourth-order valence-electron chi connectivity index (χ4n) is 2.67. The van der Waals surface area contributed by atoms with Crippen LogP contribution < -0.4 is 10.1 Å². The quantitative estimate of drug-likeness (QED) is 0.409. The number of pyridine rings is 2. The van der Waals surface area contributed by atoms with Crippen molar-refractivity contribution in [2.45, 2.75) is 6.92 Å². The summed E-state index contributed by atoms with van der Waals surface area (Å²) in [5.74, 6) is 0.218. The van der Waals surface area contributed by atoms with E-state index in [2.05, 4.69) is 25.3 Å². The largest absolute Gasteiger partial charge is 0.431 e. The van der Waals surface area contributed by atoms with Crippen LogP contribution in [0.15, 0.2) is 61.2 Å². The van der Waals surface area contributed by atoms with E-state index in [4.69, 9.17) is 4.74 Å². The second kappa shape index (κ2) is 7.23. The molecular formula is C19H14N6O3. The van der Waals surface area contributed by atoms with Crippen molar-refractivity contribution >= 4 is 28.1 Å². The molecule has 0 fully saturated rings. The summed E-state index contributed by atoms with van der Waals surface area (Å²) in [5, 5.41) is 15.5. The van der Waals surface area contributed by atoms with E-state index in [-0.39, 0.29) is 17.4 Å². The third kappa shape index (κ3) is 3.40. The Morgan fingerprint density at radius 3 is 2.68 bits per heavy atom. The molecule has 9 nitrogen and oxygen atoms in total. The van der Waals surface area contributed by atoms with Gasteiger partial charge in [0.05, 0.1) is 4.92 Å². The lowest BCUT2D eigenvalue weighted by molar-refractivity contribution is -0.385. The number of hydrogen-bond donors (Lipinski definition) is 1. The topological polar surface area (TPSA) is 116 Å². The lowest BCUT2D eigenvalue weighted by Crippen LogP contribution is -2.04. The second-order valence-corrected chi connectivity index (χ2v) is 5.88. The van der Waals surface area contributed by atoms with Gasteiger partial charge < -0.3 is 10.1 Å². The number of hydrogen-bond acceptors (Lipinski definition) is 8. The molecule has 0 atom stereocenters. The van der Waals surface area contributed by atoms with Gasteiger partial charge in [0.1, 0.15) is 11.8 Å². The van der Waals surface area contributed by atoms with Crippen LogP contribution in [-0.4, -0.2) is 24.9 Å². The van der Waals surface area contributed by atoms with Gasteiger partial charge in [0.2, 0.25) is 5.82 Å². The number of anilines is 2. The summed E-state index contributed by atoms with van der Waals surface area (Å²) >= 11 is 0. The Balaban J connectivity index is 1.77. The first-order valence-electron chi connectivity index (χ1n) is 8.32. The Morgan fingerprint density at radius 1 is 1.07 bits per heavy atom. The molecule has 0 bridgehead atoms. The Bertz CT molecular complexity index is 1170. The highest BCUT2D eigenvalue weighted by atomic mass is 16.6. The minimum absolute atomic E-state index is 0.0191. The molecule has 0 saturated carbocycles. The fraction of sp³-hybridized carbons (Fsp3) is 0.0526. The van der Waals surface area contributed by atoms with E-state index >= 15 is 0 Å². The number of aromatic nitrogens is 4. The molecule has 0 spiro atoms. The molecule has 4 aromatic rings. The van der Waals surface area contributed by atoms with E-state index in [1.807, 2.05) is 25.1 Å². The average molecular weight is 374 g/mol. The molecule has 0 amide bonds. The number of fused-ring (bicyclic) bond motifs is 1. The predicted molar refractivity (Wildman–Crippen MR) is 103 cm³/mol. The average Bonchev–Trinajstić information content (AvgIpc) is 2.69. The highest BCUT2D eigenvalue weighted by Crippen LogP contribution is 2.37. The monoisotopic (exact) mass is 374 g/mol. The molecular weight excluding hydrogens is 360 g/mol. The Labute approximate surface area is 159 Å². The lowest BCUT2D eigenvalue weighted by atomic mass is 10.2. The Morgan fingerprint density at radius 2 is 1.89 bits per heavy atom. The van der Waals surface area contributed by atoms with Gasteiger partial charge >= 0.3 is 11.6 Å². The molecule has 138 valence electrons.